The Bertz CT molecular complexity index is 1090. The average molecular weight is 467 g/mol. The molecule has 0 fully saturated rings. The van der Waals surface area contributed by atoms with Crippen LogP contribution < -0.4 is 4.90 Å². The molecule has 0 bridgehead atoms. The second-order valence-electron chi connectivity index (χ2n) is 6.99. The number of anilines is 1. The van der Waals surface area contributed by atoms with E-state index in [9.17, 15) is 14.9 Å². The zero-order chi connectivity index (χ0) is 21.1. The zero-order valence-electron chi connectivity index (χ0n) is 17.1. The van der Waals surface area contributed by atoms with Crippen molar-refractivity contribution in [1.82, 2.24) is 9.88 Å². The third-order valence-corrected chi connectivity index (χ3v) is 6.49. The molecule has 0 spiro atoms. The average Bonchev–Trinajstić information content (AvgIpc) is 3.27. The van der Waals surface area contributed by atoms with E-state index in [2.05, 4.69) is 6.07 Å². The molecule has 30 heavy (non-hydrogen) atoms. The van der Waals surface area contributed by atoms with E-state index in [1.54, 1.807) is 17.0 Å². The van der Waals surface area contributed by atoms with Gasteiger partial charge in [-0.3, -0.25) is 19.8 Å². The molecule has 0 saturated heterocycles. The van der Waals surface area contributed by atoms with Crippen LogP contribution in [0.2, 0.25) is 0 Å². The minimum absolute atomic E-state index is 0. The first-order valence-corrected chi connectivity index (χ1v) is 10.6. The van der Waals surface area contributed by atoms with E-state index in [-0.39, 0.29) is 23.3 Å². The predicted molar refractivity (Wildman–Crippen MR) is 127 cm³/mol. The number of amides is 1. The lowest BCUT2D eigenvalue weighted by Gasteiger charge is -2.20. The molecule has 0 N–H and O–H groups in total. The Kier molecular flexibility index (Phi) is 8.08. The molecule has 0 aliphatic rings. The molecular formula is C20H23ClN4O3S2. The van der Waals surface area contributed by atoms with Crippen molar-refractivity contribution in [2.24, 2.45) is 0 Å². The number of hydrogen-bond donors (Lipinski definition) is 0. The van der Waals surface area contributed by atoms with E-state index in [4.69, 9.17) is 4.98 Å². The number of aromatic nitrogens is 1. The molecule has 0 unspecified atom stereocenters. The molecule has 0 aliphatic carbocycles. The van der Waals surface area contributed by atoms with E-state index in [1.165, 1.54) is 23.5 Å². The van der Waals surface area contributed by atoms with E-state index in [0.717, 1.165) is 32.7 Å². The van der Waals surface area contributed by atoms with Crippen LogP contribution in [0.5, 0.6) is 0 Å². The van der Waals surface area contributed by atoms with Crippen molar-refractivity contribution in [1.29, 1.82) is 0 Å². The highest BCUT2D eigenvalue weighted by Crippen LogP contribution is 2.32. The van der Waals surface area contributed by atoms with Gasteiger partial charge in [0.2, 0.25) is 0 Å². The fourth-order valence-corrected chi connectivity index (χ4v) is 4.63. The maximum atomic E-state index is 13.0. The number of nitrogens with zero attached hydrogens (tertiary/aromatic N) is 4. The van der Waals surface area contributed by atoms with Crippen LogP contribution in [0.1, 0.15) is 16.0 Å². The van der Waals surface area contributed by atoms with E-state index < -0.39 is 4.92 Å². The number of likely N-dealkylation sites (N-methyl/N-ethyl adjacent to an activating group) is 1. The van der Waals surface area contributed by atoms with Gasteiger partial charge in [0.25, 0.3) is 5.91 Å². The van der Waals surface area contributed by atoms with Crippen molar-refractivity contribution in [3.63, 3.8) is 0 Å². The number of rotatable bonds is 7. The Hall–Kier alpha value is -2.33. The Morgan fingerprint density at radius 1 is 1.20 bits per heavy atom. The third kappa shape index (κ3) is 5.63. The minimum atomic E-state index is -0.432. The second-order valence-corrected chi connectivity index (χ2v) is 9.06. The van der Waals surface area contributed by atoms with Gasteiger partial charge in [0.1, 0.15) is 0 Å². The van der Waals surface area contributed by atoms with Gasteiger partial charge in [0.05, 0.1) is 15.1 Å². The lowest BCUT2D eigenvalue weighted by Crippen LogP contribution is -2.35. The highest BCUT2D eigenvalue weighted by molar-refractivity contribution is 7.22. The van der Waals surface area contributed by atoms with Gasteiger partial charge in [-0.05, 0) is 57.3 Å². The number of aryl methyl sites for hydroxylation is 2. The van der Waals surface area contributed by atoms with Crippen molar-refractivity contribution in [3.8, 4) is 0 Å². The first-order valence-electron chi connectivity index (χ1n) is 9.01. The van der Waals surface area contributed by atoms with Gasteiger partial charge in [-0.25, -0.2) is 4.98 Å². The summed E-state index contributed by atoms with van der Waals surface area (Å²) in [5.74, 6) is -0.198. The number of halogens is 1. The fraction of sp³-hybridized carbons (Fsp3) is 0.300. The summed E-state index contributed by atoms with van der Waals surface area (Å²) in [4.78, 5) is 32.4. The van der Waals surface area contributed by atoms with Crippen LogP contribution in [0, 0.1) is 24.0 Å². The van der Waals surface area contributed by atoms with Crippen molar-refractivity contribution in [2.45, 2.75) is 13.8 Å². The van der Waals surface area contributed by atoms with Crippen LogP contribution in [0.15, 0.2) is 30.3 Å². The number of carbonyl (C=O) groups is 1. The van der Waals surface area contributed by atoms with Crippen molar-refractivity contribution < 1.29 is 9.72 Å². The summed E-state index contributed by atoms with van der Waals surface area (Å²) in [6.45, 7) is 5.27. The SMILES string of the molecule is Cc1cc(C)c2sc(N(CCN(C)C)C(=O)C=Cc3ccc([N+](=O)[O-])s3)nc2c1.Cl. The summed E-state index contributed by atoms with van der Waals surface area (Å²) < 4.78 is 1.08. The monoisotopic (exact) mass is 466 g/mol. The van der Waals surface area contributed by atoms with Crippen LogP contribution >= 0.6 is 35.1 Å². The lowest BCUT2D eigenvalue weighted by atomic mass is 10.1. The summed E-state index contributed by atoms with van der Waals surface area (Å²) in [5, 5.41) is 11.5. The highest BCUT2D eigenvalue weighted by atomic mass is 35.5. The molecule has 0 atom stereocenters. The number of benzene rings is 1. The molecule has 2 aromatic heterocycles. The molecular weight excluding hydrogens is 444 g/mol. The lowest BCUT2D eigenvalue weighted by molar-refractivity contribution is -0.380. The third-order valence-electron chi connectivity index (χ3n) is 4.26. The van der Waals surface area contributed by atoms with Gasteiger partial charge >= 0.3 is 5.00 Å². The topological polar surface area (TPSA) is 79.6 Å². The fourth-order valence-electron chi connectivity index (χ4n) is 2.85. The number of thiazole rings is 1. The van der Waals surface area contributed by atoms with Gasteiger partial charge in [-0.2, -0.15) is 0 Å². The molecule has 1 amide bonds. The van der Waals surface area contributed by atoms with Crippen molar-refractivity contribution in [2.75, 3.05) is 32.1 Å². The molecule has 7 nitrogen and oxygen atoms in total. The number of nitro groups is 1. The van der Waals surface area contributed by atoms with Crippen LogP contribution in [0.3, 0.4) is 0 Å². The normalized spacial score (nSPS) is 11.2. The van der Waals surface area contributed by atoms with Gasteiger partial charge in [-0.15, -0.1) is 12.4 Å². The van der Waals surface area contributed by atoms with Crippen molar-refractivity contribution in [3.05, 3.63) is 56.5 Å². The van der Waals surface area contributed by atoms with Crippen molar-refractivity contribution >= 4 is 67.4 Å². The van der Waals surface area contributed by atoms with Gasteiger partial charge in [0.15, 0.2) is 5.13 Å². The van der Waals surface area contributed by atoms with E-state index in [1.807, 2.05) is 38.9 Å². The number of fused-ring (bicyclic) bond motifs is 1. The van der Waals surface area contributed by atoms with Gasteiger partial charge in [0, 0.05) is 30.1 Å². The molecule has 3 rings (SSSR count). The molecule has 3 aromatic rings. The van der Waals surface area contributed by atoms with Crippen LogP contribution in [0.25, 0.3) is 16.3 Å². The standard InChI is InChI=1S/C20H22N4O3S2.ClH/c1-13-11-14(2)19-16(12-13)21-20(29-19)23(10-9-22(3)4)17(25)7-5-15-6-8-18(28-15)24(26)27;/h5-8,11-12H,9-10H2,1-4H3;1H. The maximum absolute atomic E-state index is 13.0. The number of thiophene rings is 1. The predicted octanol–water partition coefficient (Wildman–Crippen LogP) is 4.91. The summed E-state index contributed by atoms with van der Waals surface area (Å²) in [7, 11) is 3.91. The van der Waals surface area contributed by atoms with Gasteiger partial charge in [-0.1, -0.05) is 28.7 Å². The Labute approximate surface area is 189 Å². The molecule has 0 radical (unpaired) electrons. The Morgan fingerprint density at radius 2 is 1.93 bits per heavy atom. The minimum Gasteiger partial charge on any atom is -0.308 e. The number of hydrogen-bond acceptors (Lipinski definition) is 7. The van der Waals surface area contributed by atoms with E-state index in [0.29, 0.717) is 23.1 Å². The van der Waals surface area contributed by atoms with Gasteiger partial charge < -0.3 is 4.90 Å². The summed E-state index contributed by atoms with van der Waals surface area (Å²) >= 11 is 2.54. The molecule has 2 heterocycles. The molecule has 0 saturated carbocycles. The van der Waals surface area contributed by atoms with Crippen LogP contribution in [-0.4, -0.2) is 47.9 Å². The van der Waals surface area contributed by atoms with Crippen LogP contribution in [-0.2, 0) is 4.79 Å². The second kappa shape index (κ2) is 10.1. The Morgan fingerprint density at radius 3 is 2.57 bits per heavy atom. The Balaban J connectivity index is 0.00000320. The zero-order valence-corrected chi connectivity index (χ0v) is 19.6. The quantitative estimate of drug-likeness (QED) is 0.280. The largest absolute Gasteiger partial charge is 0.324 e. The summed E-state index contributed by atoms with van der Waals surface area (Å²) in [5.41, 5.74) is 3.17. The first-order chi connectivity index (χ1) is 13.7. The van der Waals surface area contributed by atoms with E-state index >= 15 is 0 Å². The summed E-state index contributed by atoms with van der Waals surface area (Å²) in [6, 6.07) is 7.22. The maximum Gasteiger partial charge on any atom is 0.324 e. The summed E-state index contributed by atoms with van der Waals surface area (Å²) in [6.07, 6.45) is 3.07. The highest BCUT2D eigenvalue weighted by Gasteiger charge is 2.19. The molecule has 10 heteroatoms. The molecule has 160 valence electrons. The molecule has 0 aliphatic heterocycles. The molecule has 1 aromatic carbocycles. The first kappa shape index (κ1) is 23.9. The van der Waals surface area contributed by atoms with Crippen LogP contribution in [0.4, 0.5) is 10.1 Å². The smallest absolute Gasteiger partial charge is 0.308 e. The number of carbonyl (C=O) groups excluding carboxylic acids is 1.